The molecule has 1 heterocycles. The van der Waals surface area contributed by atoms with Gasteiger partial charge in [-0.3, -0.25) is 4.99 Å². The third-order valence-corrected chi connectivity index (χ3v) is 5.06. The topological polar surface area (TPSA) is 58.1 Å². The van der Waals surface area contributed by atoms with Crippen LogP contribution in [0.1, 0.15) is 16.7 Å². The Morgan fingerprint density at radius 3 is 2.35 bits per heavy atom. The number of guanidine groups is 1. The normalized spacial score (nSPS) is 15.0. The van der Waals surface area contributed by atoms with E-state index in [1.807, 2.05) is 29.2 Å². The van der Waals surface area contributed by atoms with Crippen LogP contribution in [0.2, 0.25) is 0 Å². The number of nitrogens with zero attached hydrogens (tertiary/aromatic N) is 2. The van der Waals surface area contributed by atoms with Gasteiger partial charge in [0.1, 0.15) is 5.75 Å². The van der Waals surface area contributed by atoms with Crippen LogP contribution < -0.4 is 20.3 Å². The van der Waals surface area contributed by atoms with Crippen molar-refractivity contribution in [3.05, 3.63) is 59.2 Å². The van der Waals surface area contributed by atoms with Crippen molar-refractivity contribution in [2.24, 2.45) is 4.99 Å². The van der Waals surface area contributed by atoms with Gasteiger partial charge in [-0.1, -0.05) is 18.2 Å². The van der Waals surface area contributed by atoms with Gasteiger partial charge < -0.3 is 25.0 Å². The molecule has 1 saturated heterocycles. The van der Waals surface area contributed by atoms with Gasteiger partial charge in [-0.25, -0.2) is 0 Å². The zero-order chi connectivity index (χ0) is 22.3. The first kappa shape index (κ1) is 22.7. The molecule has 2 N–H and O–H groups in total. The second-order valence-electron chi connectivity index (χ2n) is 7.07. The predicted octanol–water partition coefficient (Wildman–Crippen LogP) is 3.42. The van der Waals surface area contributed by atoms with Gasteiger partial charge in [0, 0.05) is 38.9 Å². The summed E-state index contributed by atoms with van der Waals surface area (Å²) in [6.45, 7) is 2.67. The smallest absolute Gasteiger partial charge is 0.416 e. The van der Waals surface area contributed by atoms with Crippen molar-refractivity contribution in [2.75, 3.05) is 45.4 Å². The minimum atomic E-state index is -4.45. The Kier molecular flexibility index (Phi) is 7.62. The average Bonchev–Trinajstić information content (AvgIpc) is 2.79. The van der Waals surface area contributed by atoms with Gasteiger partial charge in [-0.2, -0.15) is 13.2 Å². The third kappa shape index (κ3) is 6.27. The summed E-state index contributed by atoms with van der Waals surface area (Å²) in [4.78, 5) is 6.01. The Morgan fingerprint density at radius 1 is 1.06 bits per heavy atom. The molecule has 0 radical (unpaired) electrons. The zero-order valence-electron chi connectivity index (χ0n) is 17.6. The molecular formula is C22H27F3N4O2. The van der Waals surface area contributed by atoms with Crippen LogP contribution in [0.15, 0.2) is 47.5 Å². The van der Waals surface area contributed by atoms with E-state index in [1.54, 1.807) is 20.2 Å². The summed E-state index contributed by atoms with van der Waals surface area (Å²) < 4.78 is 51.5. The Morgan fingerprint density at radius 2 is 1.74 bits per heavy atom. The molecule has 6 nitrogen and oxygen atoms in total. The maximum atomic E-state index is 13.7. The van der Waals surface area contributed by atoms with Gasteiger partial charge in [0.2, 0.25) is 0 Å². The zero-order valence-corrected chi connectivity index (χ0v) is 17.6. The van der Waals surface area contributed by atoms with Crippen LogP contribution in [0.4, 0.5) is 18.9 Å². The number of hydrogen-bond donors (Lipinski definition) is 2. The van der Waals surface area contributed by atoms with Crippen LogP contribution in [0, 0.1) is 0 Å². The van der Waals surface area contributed by atoms with Crippen LogP contribution >= 0.6 is 0 Å². The lowest BCUT2D eigenvalue weighted by Crippen LogP contribution is -2.37. The fourth-order valence-corrected chi connectivity index (χ4v) is 3.33. The first-order valence-corrected chi connectivity index (χ1v) is 10.0. The monoisotopic (exact) mass is 436 g/mol. The number of anilines is 1. The molecule has 9 heteroatoms. The molecule has 0 atom stereocenters. The lowest BCUT2D eigenvalue weighted by atomic mass is 10.0. The number of nitrogens with one attached hydrogen (secondary N) is 2. The van der Waals surface area contributed by atoms with E-state index in [9.17, 15) is 13.2 Å². The molecule has 0 aliphatic carbocycles. The Balaban J connectivity index is 1.65. The number of morpholine rings is 1. The van der Waals surface area contributed by atoms with Gasteiger partial charge in [-0.05, 0) is 35.4 Å². The summed E-state index contributed by atoms with van der Waals surface area (Å²) in [5.74, 6) is 1.17. The van der Waals surface area contributed by atoms with Crippen molar-refractivity contribution in [1.29, 1.82) is 0 Å². The maximum Gasteiger partial charge on any atom is 0.416 e. The summed E-state index contributed by atoms with van der Waals surface area (Å²) in [5.41, 5.74) is 1.07. The fourth-order valence-electron chi connectivity index (χ4n) is 3.33. The van der Waals surface area contributed by atoms with E-state index in [0.717, 1.165) is 11.3 Å². The minimum absolute atomic E-state index is 0.000516. The van der Waals surface area contributed by atoms with Gasteiger partial charge in [0.15, 0.2) is 5.96 Å². The molecule has 0 unspecified atom stereocenters. The van der Waals surface area contributed by atoms with Crippen molar-refractivity contribution < 1.29 is 22.6 Å². The molecule has 0 amide bonds. The first-order chi connectivity index (χ1) is 14.9. The van der Waals surface area contributed by atoms with Gasteiger partial charge >= 0.3 is 6.18 Å². The molecule has 0 aromatic heterocycles. The third-order valence-electron chi connectivity index (χ3n) is 5.06. The first-order valence-electron chi connectivity index (χ1n) is 10.0. The quantitative estimate of drug-likeness (QED) is 0.537. The molecule has 0 saturated carbocycles. The molecule has 31 heavy (non-hydrogen) atoms. The standard InChI is InChI=1S/C22H27F3N4O2/c1-26-21(27-14-16-3-7-19(30-2)8-4-16)28-15-17-5-6-18(13-20(17)22(23,24)25)29-9-11-31-12-10-29/h3-8,13H,9-12,14-15H2,1-2H3,(H2,26,27,28). The molecule has 0 spiro atoms. The molecule has 2 aromatic carbocycles. The Labute approximate surface area is 180 Å². The summed E-state index contributed by atoms with van der Waals surface area (Å²) in [6.07, 6.45) is -4.45. The highest BCUT2D eigenvalue weighted by molar-refractivity contribution is 5.79. The van der Waals surface area contributed by atoms with Crippen molar-refractivity contribution in [3.8, 4) is 5.75 Å². The number of halogens is 3. The van der Waals surface area contributed by atoms with Crippen LogP contribution in [0.5, 0.6) is 5.75 Å². The van der Waals surface area contributed by atoms with Gasteiger partial charge in [0.25, 0.3) is 0 Å². The molecule has 3 rings (SSSR count). The highest BCUT2D eigenvalue weighted by atomic mass is 19.4. The van der Waals surface area contributed by atoms with Crippen LogP contribution in [-0.2, 0) is 24.0 Å². The summed E-state index contributed by atoms with van der Waals surface area (Å²) >= 11 is 0. The molecule has 0 bridgehead atoms. The summed E-state index contributed by atoms with van der Waals surface area (Å²) in [5, 5.41) is 6.08. The number of benzene rings is 2. The van der Waals surface area contributed by atoms with E-state index in [4.69, 9.17) is 9.47 Å². The Hall–Kier alpha value is -2.94. The molecule has 168 valence electrons. The number of methoxy groups -OCH3 is 1. The predicted molar refractivity (Wildman–Crippen MR) is 115 cm³/mol. The Bertz CT molecular complexity index is 879. The van der Waals surface area contributed by atoms with Crippen molar-refractivity contribution in [3.63, 3.8) is 0 Å². The molecule has 1 aliphatic heterocycles. The largest absolute Gasteiger partial charge is 0.497 e. The summed E-state index contributed by atoms with van der Waals surface area (Å²) in [6, 6.07) is 12.0. The molecule has 1 fully saturated rings. The minimum Gasteiger partial charge on any atom is -0.497 e. The SMILES string of the molecule is CN=C(NCc1ccc(OC)cc1)NCc1ccc(N2CCOCC2)cc1C(F)(F)F. The van der Waals surface area contributed by atoms with Crippen LogP contribution in [-0.4, -0.2) is 46.4 Å². The van der Waals surface area contributed by atoms with Crippen molar-refractivity contribution >= 4 is 11.6 Å². The number of ether oxygens (including phenoxy) is 2. The average molecular weight is 436 g/mol. The molecule has 2 aromatic rings. The van der Waals surface area contributed by atoms with E-state index in [2.05, 4.69) is 15.6 Å². The number of hydrogen-bond acceptors (Lipinski definition) is 4. The summed E-state index contributed by atoms with van der Waals surface area (Å²) in [7, 11) is 3.18. The van der Waals surface area contributed by atoms with E-state index < -0.39 is 11.7 Å². The number of alkyl halides is 3. The van der Waals surface area contributed by atoms with Crippen LogP contribution in [0.25, 0.3) is 0 Å². The van der Waals surface area contributed by atoms with Crippen LogP contribution in [0.3, 0.4) is 0 Å². The molecular weight excluding hydrogens is 409 g/mol. The van der Waals surface area contributed by atoms with E-state index in [0.29, 0.717) is 44.5 Å². The van der Waals surface area contributed by atoms with Crippen molar-refractivity contribution in [2.45, 2.75) is 19.3 Å². The lowest BCUT2D eigenvalue weighted by molar-refractivity contribution is -0.138. The number of aliphatic imine (C=N–C) groups is 1. The van der Waals surface area contributed by atoms with Gasteiger partial charge in [0.05, 0.1) is 25.9 Å². The lowest BCUT2D eigenvalue weighted by Gasteiger charge is -2.29. The van der Waals surface area contributed by atoms with E-state index >= 15 is 0 Å². The van der Waals surface area contributed by atoms with Gasteiger partial charge in [-0.15, -0.1) is 0 Å². The van der Waals surface area contributed by atoms with Crippen molar-refractivity contribution in [1.82, 2.24) is 10.6 Å². The maximum absolute atomic E-state index is 13.7. The van der Waals surface area contributed by atoms with E-state index in [1.165, 1.54) is 12.1 Å². The molecule has 1 aliphatic rings. The highest BCUT2D eigenvalue weighted by Gasteiger charge is 2.34. The highest BCUT2D eigenvalue weighted by Crippen LogP contribution is 2.35. The number of rotatable bonds is 6. The second-order valence-corrected chi connectivity index (χ2v) is 7.07. The van der Waals surface area contributed by atoms with E-state index in [-0.39, 0.29) is 12.1 Å². The fraction of sp³-hybridized carbons (Fsp3) is 0.409. The second kappa shape index (κ2) is 10.4.